The molecule has 0 radical (unpaired) electrons. The number of esters is 1. The summed E-state index contributed by atoms with van der Waals surface area (Å²) in [5, 5.41) is 8.04. The van der Waals surface area contributed by atoms with Crippen LogP contribution in [0.25, 0.3) is 11.0 Å². The number of hydrogen-bond donors (Lipinski definition) is 1. The molecule has 0 fully saturated rings. The Morgan fingerprint density at radius 1 is 1.25 bits per heavy atom. The molecule has 0 saturated carbocycles. The lowest BCUT2D eigenvalue weighted by atomic mass is 10.0. The number of ether oxygens (including phenoxy) is 1. The Labute approximate surface area is 161 Å². The molecule has 3 rings (SSSR count). The van der Waals surface area contributed by atoms with E-state index >= 15 is 0 Å². The number of carbonyl (C=O) groups is 3. The van der Waals surface area contributed by atoms with Gasteiger partial charge in [-0.15, -0.1) is 5.10 Å². The first-order valence-corrected chi connectivity index (χ1v) is 9.03. The third-order valence-electron chi connectivity index (χ3n) is 4.74. The summed E-state index contributed by atoms with van der Waals surface area (Å²) in [6.07, 6.45) is -1.01. The zero-order valence-electron chi connectivity index (χ0n) is 16.5. The van der Waals surface area contributed by atoms with Crippen molar-refractivity contribution >= 4 is 28.6 Å². The summed E-state index contributed by atoms with van der Waals surface area (Å²) in [7, 11) is 0. The minimum absolute atomic E-state index is 0.122. The molecule has 2 heterocycles. The fourth-order valence-corrected chi connectivity index (χ4v) is 3.34. The molecule has 146 valence electrons. The van der Waals surface area contributed by atoms with Gasteiger partial charge in [0.25, 0.3) is 0 Å². The molecule has 2 aromatic heterocycles. The summed E-state index contributed by atoms with van der Waals surface area (Å²) in [5.74, 6) is -1.13. The molecule has 8 heteroatoms. The van der Waals surface area contributed by atoms with Gasteiger partial charge in [-0.3, -0.25) is 9.59 Å². The first-order valence-electron chi connectivity index (χ1n) is 9.03. The summed E-state index contributed by atoms with van der Waals surface area (Å²) in [5.41, 5.74) is 3.65. The highest BCUT2D eigenvalue weighted by molar-refractivity contribution is 6.05. The van der Waals surface area contributed by atoms with Gasteiger partial charge in [0.2, 0.25) is 5.78 Å². The van der Waals surface area contributed by atoms with Crippen molar-refractivity contribution in [3.05, 3.63) is 46.3 Å². The largest absolute Gasteiger partial charge is 0.451 e. The summed E-state index contributed by atoms with van der Waals surface area (Å²) in [6, 6.07) is 4.96. The van der Waals surface area contributed by atoms with Crippen molar-refractivity contribution in [1.82, 2.24) is 20.0 Å². The van der Waals surface area contributed by atoms with E-state index < -0.39 is 12.1 Å². The molecular formula is C20H22N4O4. The van der Waals surface area contributed by atoms with Gasteiger partial charge in [0.15, 0.2) is 11.9 Å². The number of Topliss-reactive ketones (excluding diaryl/α,β-unsaturated/α-hetero) is 2. The molecule has 0 aliphatic heterocycles. The first kappa shape index (κ1) is 19.5. The smallest absolute Gasteiger partial charge is 0.338 e. The lowest BCUT2D eigenvalue weighted by Gasteiger charge is -2.12. The van der Waals surface area contributed by atoms with Gasteiger partial charge in [0.1, 0.15) is 5.52 Å². The summed E-state index contributed by atoms with van der Waals surface area (Å²) < 4.78 is 7.07. The molecule has 28 heavy (non-hydrogen) atoms. The van der Waals surface area contributed by atoms with Crippen molar-refractivity contribution in [2.75, 3.05) is 0 Å². The second-order valence-corrected chi connectivity index (χ2v) is 6.70. The maximum Gasteiger partial charge on any atom is 0.338 e. The van der Waals surface area contributed by atoms with Crippen LogP contribution in [0.1, 0.15) is 63.2 Å². The number of nitrogens with one attached hydrogen (secondary N) is 1. The van der Waals surface area contributed by atoms with Crippen molar-refractivity contribution in [3.63, 3.8) is 0 Å². The van der Waals surface area contributed by atoms with E-state index in [1.54, 1.807) is 36.7 Å². The van der Waals surface area contributed by atoms with Crippen molar-refractivity contribution in [1.29, 1.82) is 0 Å². The van der Waals surface area contributed by atoms with E-state index in [9.17, 15) is 14.4 Å². The number of aromatic nitrogens is 4. The van der Waals surface area contributed by atoms with Gasteiger partial charge in [-0.05, 0) is 58.4 Å². The zero-order chi connectivity index (χ0) is 20.6. The number of fused-ring (bicyclic) bond motifs is 1. The summed E-state index contributed by atoms with van der Waals surface area (Å²) >= 11 is 0. The standard InChI is InChI=1S/C20H22N4O4/c1-6-24-16-8-7-14(9-15(16)22-23-24)20(27)28-13(5)19(26)18-10(2)17(12(4)25)11(3)21-18/h7-9,13,21H,6H2,1-5H3/t13-/m1/s1. The number of rotatable bonds is 6. The Bertz CT molecular complexity index is 1090. The average Bonchev–Trinajstić information content (AvgIpc) is 3.20. The third kappa shape index (κ3) is 3.33. The van der Waals surface area contributed by atoms with E-state index in [1.165, 1.54) is 13.8 Å². The van der Waals surface area contributed by atoms with Gasteiger partial charge < -0.3 is 9.72 Å². The summed E-state index contributed by atoms with van der Waals surface area (Å²) in [6.45, 7) is 9.01. The number of aryl methyl sites for hydroxylation is 2. The number of benzene rings is 1. The molecule has 3 aromatic rings. The van der Waals surface area contributed by atoms with Crippen LogP contribution in [-0.2, 0) is 11.3 Å². The Morgan fingerprint density at radius 2 is 1.96 bits per heavy atom. The number of nitrogens with zero attached hydrogens (tertiary/aromatic N) is 3. The quantitative estimate of drug-likeness (QED) is 0.519. The molecule has 1 N–H and O–H groups in total. The molecule has 0 aliphatic rings. The molecular weight excluding hydrogens is 360 g/mol. The second-order valence-electron chi connectivity index (χ2n) is 6.70. The van der Waals surface area contributed by atoms with Crippen LogP contribution >= 0.6 is 0 Å². The predicted octanol–water partition coefficient (Wildman–Crippen LogP) is 3.03. The van der Waals surface area contributed by atoms with Crippen molar-refractivity contribution in [3.8, 4) is 0 Å². The van der Waals surface area contributed by atoms with E-state index in [4.69, 9.17) is 4.74 Å². The minimum atomic E-state index is -1.01. The van der Waals surface area contributed by atoms with Crippen LogP contribution < -0.4 is 0 Å². The second kappa shape index (κ2) is 7.38. The molecule has 0 aliphatic carbocycles. The van der Waals surface area contributed by atoms with Crippen molar-refractivity contribution < 1.29 is 19.1 Å². The number of ketones is 2. The monoisotopic (exact) mass is 382 g/mol. The molecule has 8 nitrogen and oxygen atoms in total. The van der Waals surface area contributed by atoms with E-state index in [1.807, 2.05) is 6.92 Å². The molecule has 0 bridgehead atoms. The fourth-order valence-electron chi connectivity index (χ4n) is 3.34. The van der Waals surface area contributed by atoms with Gasteiger partial charge in [-0.1, -0.05) is 5.21 Å². The average molecular weight is 382 g/mol. The molecule has 0 unspecified atom stereocenters. The highest BCUT2D eigenvalue weighted by atomic mass is 16.5. The maximum atomic E-state index is 12.7. The Balaban J connectivity index is 1.80. The SMILES string of the molecule is CCn1nnc2cc(C(=O)O[C@H](C)C(=O)c3[nH]c(C)c(C(C)=O)c3C)ccc21. The van der Waals surface area contributed by atoms with Crippen LogP contribution in [0.3, 0.4) is 0 Å². The fraction of sp³-hybridized carbons (Fsp3) is 0.350. The van der Waals surface area contributed by atoms with E-state index in [0.29, 0.717) is 34.4 Å². The Hall–Kier alpha value is -3.29. The normalized spacial score (nSPS) is 12.2. The molecule has 0 saturated heterocycles. The minimum Gasteiger partial charge on any atom is -0.451 e. The zero-order valence-corrected chi connectivity index (χ0v) is 16.5. The molecule has 1 aromatic carbocycles. The third-order valence-corrected chi connectivity index (χ3v) is 4.74. The number of H-pyrrole nitrogens is 1. The van der Waals surface area contributed by atoms with Crippen LogP contribution in [0.15, 0.2) is 18.2 Å². The van der Waals surface area contributed by atoms with Gasteiger partial charge in [0, 0.05) is 17.8 Å². The Kier molecular flexibility index (Phi) is 5.13. The van der Waals surface area contributed by atoms with Gasteiger partial charge in [-0.25, -0.2) is 9.48 Å². The molecule has 0 spiro atoms. The Morgan fingerprint density at radius 3 is 2.57 bits per heavy atom. The number of hydrogen-bond acceptors (Lipinski definition) is 6. The maximum absolute atomic E-state index is 12.7. The summed E-state index contributed by atoms with van der Waals surface area (Å²) in [4.78, 5) is 39.9. The van der Waals surface area contributed by atoms with Crippen LogP contribution in [0.2, 0.25) is 0 Å². The van der Waals surface area contributed by atoms with Crippen LogP contribution in [0.4, 0.5) is 0 Å². The van der Waals surface area contributed by atoms with Crippen LogP contribution in [0.5, 0.6) is 0 Å². The van der Waals surface area contributed by atoms with E-state index in [0.717, 1.165) is 5.52 Å². The van der Waals surface area contributed by atoms with Crippen molar-refractivity contribution in [2.24, 2.45) is 0 Å². The van der Waals surface area contributed by atoms with E-state index in [2.05, 4.69) is 15.3 Å². The van der Waals surface area contributed by atoms with Gasteiger partial charge in [-0.2, -0.15) is 0 Å². The van der Waals surface area contributed by atoms with Crippen molar-refractivity contribution in [2.45, 2.75) is 47.3 Å². The highest BCUT2D eigenvalue weighted by Gasteiger charge is 2.26. The lowest BCUT2D eigenvalue weighted by Crippen LogP contribution is -2.25. The highest BCUT2D eigenvalue weighted by Crippen LogP contribution is 2.21. The lowest BCUT2D eigenvalue weighted by molar-refractivity contribution is 0.0317. The molecule has 0 amide bonds. The van der Waals surface area contributed by atoms with Gasteiger partial charge >= 0.3 is 5.97 Å². The van der Waals surface area contributed by atoms with Crippen LogP contribution in [-0.4, -0.2) is 43.6 Å². The number of carbonyl (C=O) groups excluding carboxylic acids is 3. The first-order chi connectivity index (χ1) is 13.2. The van der Waals surface area contributed by atoms with E-state index in [-0.39, 0.29) is 17.3 Å². The topological polar surface area (TPSA) is 107 Å². The molecule has 1 atom stereocenters. The predicted molar refractivity (Wildman–Crippen MR) is 103 cm³/mol. The number of aromatic amines is 1. The van der Waals surface area contributed by atoms with Gasteiger partial charge in [0.05, 0.1) is 16.8 Å². The van der Waals surface area contributed by atoms with Crippen LogP contribution in [0, 0.1) is 13.8 Å².